The lowest BCUT2D eigenvalue weighted by molar-refractivity contribution is 0.104. The Bertz CT molecular complexity index is 603. The van der Waals surface area contributed by atoms with Crippen molar-refractivity contribution in [3.63, 3.8) is 0 Å². The summed E-state index contributed by atoms with van der Waals surface area (Å²) in [5, 5.41) is 9.92. The summed E-state index contributed by atoms with van der Waals surface area (Å²) in [6.07, 6.45) is 3.15. The molecule has 2 rings (SSSR count). The number of allylic oxidation sites excluding steroid dienone is 1. The average Bonchev–Trinajstić information content (AvgIpc) is 2.36. The molecule has 0 fully saturated rings. The van der Waals surface area contributed by atoms with Gasteiger partial charge in [-0.25, -0.2) is 0 Å². The van der Waals surface area contributed by atoms with E-state index in [1.165, 1.54) is 18.2 Å². The number of aromatic hydroxyl groups is 1. The van der Waals surface area contributed by atoms with Crippen LogP contribution in [-0.2, 0) is 0 Å². The molecule has 0 aliphatic carbocycles. The molecule has 18 heavy (non-hydrogen) atoms. The second-order valence-electron chi connectivity index (χ2n) is 3.80. The first-order chi connectivity index (χ1) is 8.65. The Morgan fingerprint density at radius 2 is 1.89 bits per heavy atom. The third kappa shape index (κ3) is 3.22. The molecular formula is C15H11ClO2. The molecule has 0 aromatic heterocycles. The molecule has 0 heterocycles. The van der Waals surface area contributed by atoms with E-state index in [2.05, 4.69) is 0 Å². The van der Waals surface area contributed by atoms with Crippen molar-refractivity contribution in [1.82, 2.24) is 0 Å². The SMILES string of the molecule is O=C(C=Cc1cccc(Cl)c1)c1cccc(O)c1. The normalized spacial score (nSPS) is 10.7. The molecule has 0 atom stereocenters. The number of rotatable bonds is 3. The fourth-order valence-electron chi connectivity index (χ4n) is 1.54. The monoisotopic (exact) mass is 258 g/mol. The number of phenolic OH excluding ortho intramolecular Hbond substituents is 1. The summed E-state index contributed by atoms with van der Waals surface area (Å²) in [5.74, 6) is -0.0807. The topological polar surface area (TPSA) is 37.3 Å². The molecule has 90 valence electrons. The second kappa shape index (κ2) is 5.52. The zero-order valence-electron chi connectivity index (χ0n) is 9.51. The highest BCUT2D eigenvalue weighted by molar-refractivity contribution is 6.30. The van der Waals surface area contributed by atoms with Crippen LogP contribution in [-0.4, -0.2) is 10.9 Å². The van der Waals surface area contributed by atoms with E-state index < -0.39 is 0 Å². The van der Waals surface area contributed by atoms with Crippen LogP contribution in [0.2, 0.25) is 5.02 Å². The van der Waals surface area contributed by atoms with Gasteiger partial charge in [0.15, 0.2) is 5.78 Å². The van der Waals surface area contributed by atoms with E-state index in [0.717, 1.165) is 5.56 Å². The molecule has 0 amide bonds. The molecule has 0 saturated heterocycles. The molecule has 0 spiro atoms. The fraction of sp³-hybridized carbons (Fsp3) is 0. The highest BCUT2D eigenvalue weighted by atomic mass is 35.5. The minimum Gasteiger partial charge on any atom is -0.508 e. The van der Waals surface area contributed by atoms with Crippen LogP contribution in [0.5, 0.6) is 5.75 Å². The largest absolute Gasteiger partial charge is 0.508 e. The zero-order valence-corrected chi connectivity index (χ0v) is 10.3. The fourth-order valence-corrected chi connectivity index (χ4v) is 1.74. The Labute approximate surface area is 110 Å². The highest BCUT2D eigenvalue weighted by Crippen LogP contribution is 2.14. The summed E-state index contributed by atoms with van der Waals surface area (Å²) >= 11 is 5.85. The maximum absolute atomic E-state index is 11.8. The third-order valence-electron chi connectivity index (χ3n) is 2.41. The minimum absolute atomic E-state index is 0.0806. The number of phenols is 1. The molecule has 0 bridgehead atoms. The minimum atomic E-state index is -0.161. The Morgan fingerprint density at radius 1 is 1.11 bits per heavy atom. The Morgan fingerprint density at radius 3 is 2.61 bits per heavy atom. The molecule has 0 aliphatic heterocycles. The van der Waals surface area contributed by atoms with Crippen molar-refractivity contribution >= 4 is 23.5 Å². The van der Waals surface area contributed by atoms with E-state index in [-0.39, 0.29) is 11.5 Å². The summed E-state index contributed by atoms with van der Waals surface area (Å²) in [5.41, 5.74) is 1.31. The van der Waals surface area contributed by atoms with Crippen LogP contribution in [0.1, 0.15) is 15.9 Å². The van der Waals surface area contributed by atoms with Gasteiger partial charge in [-0.3, -0.25) is 4.79 Å². The van der Waals surface area contributed by atoms with E-state index in [0.29, 0.717) is 10.6 Å². The Kier molecular flexibility index (Phi) is 3.80. The first kappa shape index (κ1) is 12.4. The van der Waals surface area contributed by atoms with Crippen molar-refractivity contribution in [2.24, 2.45) is 0 Å². The van der Waals surface area contributed by atoms with Crippen molar-refractivity contribution in [3.8, 4) is 5.75 Å². The summed E-state index contributed by atoms with van der Waals surface area (Å²) < 4.78 is 0. The lowest BCUT2D eigenvalue weighted by atomic mass is 10.1. The van der Waals surface area contributed by atoms with Crippen LogP contribution in [0.4, 0.5) is 0 Å². The van der Waals surface area contributed by atoms with E-state index in [9.17, 15) is 9.90 Å². The molecular weight excluding hydrogens is 248 g/mol. The number of hydrogen-bond acceptors (Lipinski definition) is 2. The van der Waals surface area contributed by atoms with Gasteiger partial charge in [0, 0.05) is 10.6 Å². The number of halogens is 1. The quantitative estimate of drug-likeness (QED) is 0.669. The van der Waals surface area contributed by atoms with Crippen LogP contribution in [0.3, 0.4) is 0 Å². The first-order valence-corrected chi connectivity index (χ1v) is 5.80. The van der Waals surface area contributed by atoms with Crippen LogP contribution < -0.4 is 0 Å². The highest BCUT2D eigenvalue weighted by Gasteiger charge is 2.02. The lowest BCUT2D eigenvalue weighted by Crippen LogP contribution is -1.93. The summed E-state index contributed by atoms with van der Waals surface area (Å²) in [7, 11) is 0. The molecule has 0 aliphatic rings. The third-order valence-corrected chi connectivity index (χ3v) is 2.64. The summed E-state index contributed by atoms with van der Waals surface area (Å²) in [6, 6.07) is 13.5. The van der Waals surface area contributed by atoms with E-state index >= 15 is 0 Å². The summed E-state index contributed by atoms with van der Waals surface area (Å²) in [4.78, 5) is 11.8. The van der Waals surface area contributed by atoms with Gasteiger partial charge in [-0.2, -0.15) is 0 Å². The number of carbonyl (C=O) groups excluding carboxylic acids is 1. The van der Waals surface area contributed by atoms with Gasteiger partial charge in [-0.1, -0.05) is 41.9 Å². The van der Waals surface area contributed by atoms with Crippen LogP contribution in [0.15, 0.2) is 54.6 Å². The molecule has 0 radical (unpaired) electrons. The van der Waals surface area contributed by atoms with Gasteiger partial charge in [-0.15, -0.1) is 0 Å². The van der Waals surface area contributed by atoms with Crippen molar-refractivity contribution < 1.29 is 9.90 Å². The second-order valence-corrected chi connectivity index (χ2v) is 4.24. The number of hydrogen-bond donors (Lipinski definition) is 1. The van der Waals surface area contributed by atoms with Crippen LogP contribution >= 0.6 is 11.6 Å². The summed E-state index contributed by atoms with van der Waals surface area (Å²) in [6.45, 7) is 0. The van der Waals surface area contributed by atoms with E-state index in [1.54, 1.807) is 30.3 Å². The number of benzene rings is 2. The smallest absolute Gasteiger partial charge is 0.185 e. The van der Waals surface area contributed by atoms with E-state index in [4.69, 9.17) is 11.6 Å². The molecule has 2 nitrogen and oxygen atoms in total. The molecule has 1 N–H and O–H groups in total. The van der Waals surface area contributed by atoms with Gasteiger partial charge in [0.2, 0.25) is 0 Å². The zero-order chi connectivity index (χ0) is 13.0. The van der Waals surface area contributed by atoms with Crippen molar-refractivity contribution in [1.29, 1.82) is 0 Å². The maximum Gasteiger partial charge on any atom is 0.185 e. The van der Waals surface area contributed by atoms with Gasteiger partial charge < -0.3 is 5.11 Å². The molecule has 0 saturated carbocycles. The van der Waals surface area contributed by atoms with Crippen molar-refractivity contribution in [2.45, 2.75) is 0 Å². The molecule has 3 heteroatoms. The van der Waals surface area contributed by atoms with E-state index in [1.807, 2.05) is 12.1 Å². The molecule has 2 aromatic rings. The lowest BCUT2D eigenvalue weighted by Gasteiger charge is -1.97. The van der Waals surface area contributed by atoms with Gasteiger partial charge in [-0.05, 0) is 35.9 Å². The number of ketones is 1. The maximum atomic E-state index is 11.8. The standard InChI is InChI=1S/C15H11ClO2/c16-13-5-1-3-11(9-13)7-8-15(18)12-4-2-6-14(17)10-12/h1-10,17H. The van der Waals surface area contributed by atoms with Gasteiger partial charge in [0.1, 0.15) is 5.75 Å². The van der Waals surface area contributed by atoms with Crippen LogP contribution in [0, 0.1) is 0 Å². The van der Waals surface area contributed by atoms with Gasteiger partial charge >= 0.3 is 0 Å². The Balaban J connectivity index is 2.17. The molecule has 0 unspecified atom stereocenters. The van der Waals surface area contributed by atoms with Gasteiger partial charge in [0.05, 0.1) is 0 Å². The number of carbonyl (C=O) groups is 1. The van der Waals surface area contributed by atoms with Crippen LogP contribution in [0.25, 0.3) is 6.08 Å². The molecule has 2 aromatic carbocycles. The van der Waals surface area contributed by atoms with Gasteiger partial charge in [0.25, 0.3) is 0 Å². The van der Waals surface area contributed by atoms with Crippen molar-refractivity contribution in [2.75, 3.05) is 0 Å². The predicted molar refractivity (Wildman–Crippen MR) is 72.9 cm³/mol. The first-order valence-electron chi connectivity index (χ1n) is 5.42. The Hall–Kier alpha value is -2.06. The average molecular weight is 259 g/mol. The van der Waals surface area contributed by atoms with Crippen molar-refractivity contribution in [3.05, 3.63) is 70.8 Å². The predicted octanol–water partition coefficient (Wildman–Crippen LogP) is 3.94.